The van der Waals surface area contributed by atoms with Crippen LogP contribution in [0, 0.1) is 12.8 Å². The second-order valence-electron chi connectivity index (χ2n) is 5.94. The number of benzene rings is 1. The molecule has 1 N–H and O–H groups in total. The SMILES string of the molecule is Cc1ccccc1CN1CCNC(CC(C)C)C1. The van der Waals surface area contributed by atoms with Gasteiger partial charge in [-0.1, -0.05) is 38.1 Å². The number of hydrogen-bond donors (Lipinski definition) is 1. The lowest BCUT2D eigenvalue weighted by Gasteiger charge is -2.34. The van der Waals surface area contributed by atoms with E-state index >= 15 is 0 Å². The Balaban J connectivity index is 1.91. The van der Waals surface area contributed by atoms with Crippen molar-refractivity contribution < 1.29 is 0 Å². The topological polar surface area (TPSA) is 15.3 Å². The van der Waals surface area contributed by atoms with Gasteiger partial charge in [-0.2, -0.15) is 0 Å². The van der Waals surface area contributed by atoms with Crippen LogP contribution in [0.1, 0.15) is 31.4 Å². The maximum Gasteiger partial charge on any atom is 0.0237 e. The van der Waals surface area contributed by atoms with E-state index in [1.54, 1.807) is 0 Å². The first-order chi connectivity index (χ1) is 8.65. The monoisotopic (exact) mass is 246 g/mol. The predicted molar refractivity (Wildman–Crippen MR) is 77.7 cm³/mol. The Hall–Kier alpha value is -0.860. The average Bonchev–Trinajstić information content (AvgIpc) is 2.32. The third-order valence-corrected chi connectivity index (χ3v) is 3.75. The molecule has 0 aromatic heterocycles. The van der Waals surface area contributed by atoms with E-state index in [2.05, 4.69) is 55.3 Å². The fourth-order valence-electron chi connectivity index (χ4n) is 2.79. The molecule has 2 heteroatoms. The molecule has 0 amide bonds. The van der Waals surface area contributed by atoms with Crippen molar-refractivity contribution in [2.75, 3.05) is 19.6 Å². The molecule has 1 aromatic carbocycles. The van der Waals surface area contributed by atoms with Gasteiger partial charge in [0.05, 0.1) is 0 Å². The van der Waals surface area contributed by atoms with E-state index in [-0.39, 0.29) is 0 Å². The van der Waals surface area contributed by atoms with Crippen LogP contribution < -0.4 is 5.32 Å². The molecule has 1 heterocycles. The lowest BCUT2D eigenvalue weighted by molar-refractivity contribution is 0.179. The van der Waals surface area contributed by atoms with Gasteiger partial charge < -0.3 is 5.32 Å². The largest absolute Gasteiger partial charge is 0.311 e. The highest BCUT2D eigenvalue weighted by Gasteiger charge is 2.20. The van der Waals surface area contributed by atoms with E-state index < -0.39 is 0 Å². The van der Waals surface area contributed by atoms with Crippen molar-refractivity contribution in [1.82, 2.24) is 10.2 Å². The van der Waals surface area contributed by atoms with Gasteiger partial charge in [-0.15, -0.1) is 0 Å². The summed E-state index contributed by atoms with van der Waals surface area (Å²) in [6.07, 6.45) is 1.28. The van der Waals surface area contributed by atoms with Gasteiger partial charge in [-0.3, -0.25) is 4.90 Å². The van der Waals surface area contributed by atoms with Crippen LogP contribution in [-0.4, -0.2) is 30.6 Å². The Morgan fingerprint density at radius 3 is 2.83 bits per heavy atom. The van der Waals surface area contributed by atoms with Crippen molar-refractivity contribution in [2.45, 2.75) is 39.8 Å². The lowest BCUT2D eigenvalue weighted by atomic mass is 10.0. The minimum absolute atomic E-state index is 0.669. The number of piperazine rings is 1. The quantitative estimate of drug-likeness (QED) is 0.879. The highest BCUT2D eigenvalue weighted by Crippen LogP contribution is 2.14. The molecule has 1 saturated heterocycles. The van der Waals surface area contributed by atoms with Crippen LogP contribution in [0.3, 0.4) is 0 Å². The van der Waals surface area contributed by atoms with Gasteiger partial charge in [0.25, 0.3) is 0 Å². The molecule has 0 spiro atoms. The standard InChI is InChI=1S/C16H26N2/c1-13(2)10-16-12-18(9-8-17-16)11-15-7-5-4-6-14(15)3/h4-7,13,16-17H,8-12H2,1-3H3. The summed E-state index contributed by atoms with van der Waals surface area (Å²) in [6.45, 7) is 11.4. The Bertz CT molecular complexity index is 373. The van der Waals surface area contributed by atoms with E-state index in [9.17, 15) is 0 Å². The van der Waals surface area contributed by atoms with Crippen LogP contribution in [-0.2, 0) is 6.54 Å². The summed E-state index contributed by atoms with van der Waals surface area (Å²) in [5, 5.41) is 3.64. The first-order valence-corrected chi connectivity index (χ1v) is 7.15. The summed E-state index contributed by atoms with van der Waals surface area (Å²) in [4.78, 5) is 2.59. The van der Waals surface area contributed by atoms with Crippen molar-refractivity contribution in [1.29, 1.82) is 0 Å². The number of rotatable bonds is 4. The van der Waals surface area contributed by atoms with Crippen molar-refractivity contribution in [3.05, 3.63) is 35.4 Å². The molecular weight excluding hydrogens is 220 g/mol. The third-order valence-electron chi connectivity index (χ3n) is 3.75. The molecule has 18 heavy (non-hydrogen) atoms. The molecule has 1 unspecified atom stereocenters. The fourth-order valence-corrected chi connectivity index (χ4v) is 2.79. The van der Waals surface area contributed by atoms with E-state index in [0.29, 0.717) is 6.04 Å². The maximum atomic E-state index is 3.64. The molecule has 1 aliphatic heterocycles. The Morgan fingerprint density at radius 2 is 2.11 bits per heavy atom. The van der Waals surface area contributed by atoms with E-state index in [1.165, 1.54) is 30.6 Å². The Kier molecular flexibility index (Phi) is 4.79. The zero-order valence-corrected chi connectivity index (χ0v) is 11.9. The Labute approximate surface area is 111 Å². The summed E-state index contributed by atoms with van der Waals surface area (Å²) in [7, 11) is 0. The summed E-state index contributed by atoms with van der Waals surface area (Å²) in [5.74, 6) is 0.779. The molecule has 0 aliphatic carbocycles. The van der Waals surface area contributed by atoms with Crippen molar-refractivity contribution in [3.63, 3.8) is 0 Å². The van der Waals surface area contributed by atoms with E-state index in [1.807, 2.05) is 0 Å². The molecule has 1 aliphatic rings. The number of nitrogens with one attached hydrogen (secondary N) is 1. The van der Waals surface area contributed by atoms with Crippen LogP contribution >= 0.6 is 0 Å². The molecule has 1 atom stereocenters. The molecule has 2 nitrogen and oxygen atoms in total. The van der Waals surface area contributed by atoms with Crippen molar-refractivity contribution in [2.24, 2.45) is 5.92 Å². The zero-order chi connectivity index (χ0) is 13.0. The highest BCUT2D eigenvalue weighted by molar-refractivity contribution is 5.25. The van der Waals surface area contributed by atoms with Crippen LogP contribution in [0.2, 0.25) is 0 Å². The molecule has 0 radical (unpaired) electrons. The van der Waals surface area contributed by atoms with Gasteiger partial charge in [-0.25, -0.2) is 0 Å². The predicted octanol–water partition coefficient (Wildman–Crippen LogP) is 2.81. The van der Waals surface area contributed by atoms with Crippen molar-refractivity contribution in [3.8, 4) is 0 Å². The van der Waals surface area contributed by atoms with Crippen LogP contribution in [0.4, 0.5) is 0 Å². The average molecular weight is 246 g/mol. The molecule has 0 bridgehead atoms. The van der Waals surface area contributed by atoms with Gasteiger partial charge in [0.15, 0.2) is 0 Å². The fraction of sp³-hybridized carbons (Fsp3) is 0.625. The summed E-state index contributed by atoms with van der Waals surface area (Å²) < 4.78 is 0. The van der Waals surface area contributed by atoms with E-state index in [0.717, 1.165) is 19.0 Å². The van der Waals surface area contributed by atoms with Gasteiger partial charge in [0, 0.05) is 32.2 Å². The minimum atomic E-state index is 0.669. The highest BCUT2D eigenvalue weighted by atomic mass is 15.2. The summed E-state index contributed by atoms with van der Waals surface area (Å²) >= 11 is 0. The maximum absolute atomic E-state index is 3.64. The van der Waals surface area contributed by atoms with Crippen LogP contribution in [0.15, 0.2) is 24.3 Å². The van der Waals surface area contributed by atoms with Crippen LogP contribution in [0.5, 0.6) is 0 Å². The first-order valence-electron chi connectivity index (χ1n) is 7.15. The number of hydrogen-bond acceptors (Lipinski definition) is 2. The van der Waals surface area contributed by atoms with Gasteiger partial charge in [0.1, 0.15) is 0 Å². The minimum Gasteiger partial charge on any atom is -0.311 e. The Morgan fingerprint density at radius 1 is 1.33 bits per heavy atom. The smallest absolute Gasteiger partial charge is 0.0237 e. The lowest BCUT2D eigenvalue weighted by Crippen LogP contribution is -2.50. The van der Waals surface area contributed by atoms with Crippen molar-refractivity contribution >= 4 is 0 Å². The third kappa shape index (κ3) is 3.82. The molecule has 100 valence electrons. The summed E-state index contributed by atoms with van der Waals surface area (Å²) in [5.41, 5.74) is 2.89. The second kappa shape index (κ2) is 6.35. The number of aryl methyl sites for hydroxylation is 1. The normalized spacial score (nSPS) is 21.4. The van der Waals surface area contributed by atoms with Gasteiger partial charge in [0.2, 0.25) is 0 Å². The molecule has 1 fully saturated rings. The van der Waals surface area contributed by atoms with Crippen LogP contribution in [0.25, 0.3) is 0 Å². The molecule has 2 rings (SSSR count). The molecule has 0 saturated carbocycles. The first kappa shape index (κ1) is 13.6. The van der Waals surface area contributed by atoms with E-state index in [4.69, 9.17) is 0 Å². The van der Waals surface area contributed by atoms with Gasteiger partial charge >= 0.3 is 0 Å². The van der Waals surface area contributed by atoms with Gasteiger partial charge in [-0.05, 0) is 30.4 Å². The molecule has 1 aromatic rings. The number of nitrogens with zero attached hydrogens (tertiary/aromatic N) is 1. The second-order valence-corrected chi connectivity index (χ2v) is 5.94. The molecular formula is C16H26N2. The zero-order valence-electron chi connectivity index (χ0n) is 11.9. The summed E-state index contributed by atoms with van der Waals surface area (Å²) in [6, 6.07) is 9.41.